The van der Waals surface area contributed by atoms with Crippen LogP contribution in [0.2, 0.25) is 0 Å². The number of hydrogen-bond acceptors (Lipinski definition) is 3. The van der Waals surface area contributed by atoms with Crippen molar-refractivity contribution >= 4 is 11.8 Å². The Balaban J connectivity index is 1.93. The third-order valence-corrected chi connectivity index (χ3v) is 3.41. The van der Waals surface area contributed by atoms with Crippen molar-refractivity contribution in [1.82, 2.24) is 10.3 Å². The molecule has 1 fully saturated rings. The Morgan fingerprint density at radius 1 is 1.37 bits per heavy atom. The fourth-order valence-corrected chi connectivity index (χ4v) is 2.60. The van der Waals surface area contributed by atoms with Crippen molar-refractivity contribution in [3.63, 3.8) is 0 Å². The van der Waals surface area contributed by atoms with Crippen LogP contribution in [0.4, 0.5) is 10.6 Å². The van der Waals surface area contributed by atoms with Crippen LogP contribution in [0.1, 0.15) is 30.5 Å². The van der Waals surface area contributed by atoms with Gasteiger partial charge in [0.15, 0.2) is 0 Å². The number of carbonyl (C=O) groups is 1. The Morgan fingerprint density at radius 2 is 2.16 bits per heavy atom. The molecule has 0 unspecified atom stereocenters. The van der Waals surface area contributed by atoms with Crippen molar-refractivity contribution in [2.45, 2.75) is 45.3 Å². The van der Waals surface area contributed by atoms with Gasteiger partial charge in [-0.25, -0.2) is 9.78 Å². The third-order valence-electron chi connectivity index (χ3n) is 3.41. The first kappa shape index (κ1) is 13.8. The summed E-state index contributed by atoms with van der Waals surface area (Å²) in [6.07, 6.45) is 3.18. The maximum atomic E-state index is 11.9. The molecule has 2 rings (SSSR count). The highest BCUT2D eigenvalue weighted by atomic mass is 16.5. The molecule has 5 heteroatoms. The Morgan fingerprint density at radius 3 is 2.84 bits per heavy atom. The molecule has 1 saturated carbocycles. The molecule has 0 saturated heterocycles. The third kappa shape index (κ3) is 3.67. The van der Waals surface area contributed by atoms with Crippen LogP contribution in [0.25, 0.3) is 0 Å². The molecule has 19 heavy (non-hydrogen) atoms. The largest absolute Gasteiger partial charge is 0.379 e. The van der Waals surface area contributed by atoms with Gasteiger partial charge in [0.05, 0.1) is 12.1 Å². The second-order valence-corrected chi connectivity index (χ2v) is 5.08. The highest BCUT2D eigenvalue weighted by Gasteiger charge is 2.28. The summed E-state index contributed by atoms with van der Waals surface area (Å²) in [5.74, 6) is 0.585. The van der Waals surface area contributed by atoms with Gasteiger partial charge >= 0.3 is 6.03 Å². The minimum absolute atomic E-state index is 0.0934. The standard InChI is InChI=1S/C14H21N3O2/c1-9-7-10(2)15-13(8-9)17-14(18)16-11-5-4-6-12(11)19-3/h7-8,11-12H,4-6H2,1-3H3,(H2,15,16,17,18)/t11-,12-/m1/s1. The summed E-state index contributed by atoms with van der Waals surface area (Å²) in [5.41, 5.74) is 1.98. The van der Waals surface area contributed by atoms with E-state index in [4.69, 9.17) is 4.74 Å². The quantitative estimate of drug-likeness (QED) is 0.880. The monoisotopic (exact) mass is 263 g/mol. The van der Waals surface area contributed by atoms with E-state index in [0.717, 1.165) is 30.5 Å². The molecule has 104 valence electrons. The van der Waals surface area contributed by atoms with E-state index < -0.39 is 0 Å². The molecule has 0 aromatic carbocycles. The molecule has 2 N–H and O–H groups in total. The van der Waals surface area contributed by atoms with Crippen LogP contribution in [-0.2, 0) is 4.74 Å². The summed E-state index contributed by atoms with van der Waals surface area (Å²) in [4.78, 5) is 16.2. The average Bonchev–Trinajstić information content (AvgIpc) is 2.74. The van der Waals surface area contributed by atoms with Gasteiger partial charge in [0.25, 0.3) is 0 Å². The van der Waals surface area contributed by atoms with Crippen molar-refractivity contribution in [3.05, 3.63) is 23.4 Å². The van der Waals surface area contributed by atoms with Crippen molar-refractivity contribution in [3.8, 4) is 0 Å². The van der Waals surface area contributed by atoms with E-state index in [1.54, 1.807) is 7.11 Å². The number of aromatic nitrogens is 1. The molecule has 0 bridgehead atoms. The smallest absolute Gasteiger partial charge is 0.320 e. The average molecular weight is 263 g/mol. The molecule has 5 nitrogen and oxygen atoms in total. The van der Waals surface area contributed by atoms with Gasteiger partial charge in [0.1, 0.15) is 5.82 Å². The number of amides is 2. The molecule has 2 amide bonds. The summed E-state index contributed by atoms with van der Waals surface area (Å²) in [7, 11) is 1.69. The highest BCUT2D eigenvalue weighted by Crippen LogP contribution is 2.21. The van der Waals surface area contributed by atoms with Crippen LogP contribution < -0.4 is 10.6 Å². The van der Waals surface area contributed by atoms with Crippen molar-refractivity contribution in [2.75, 3.05) is 12.4 Å². The summed E-state index contributed by atoms with van der Waals surface area (Å²) in [6, 6.07) is 3.71. The second-order valence-electron chi connectivity index (χ2n) is 5.08. The van der Waals surface area contributed by atoms with Crippen molar-refractivity contribution < 1.29 is 9.53 Å². The molecule has 1 aromatic heterocycles. The van der Waals surface area contributed by atoms with Gasteiger partial charge in [-0.3, -0.25) is 5.32 Å². The van der Waals surface area contributed by atoms with E-state index in [0.29, 0.717) is 5.82 Å². The van der Waals surface area contributed by atoms with Gasteiger partial charge in [0, 0.05) is 12.8 Å². The van der Waals surface area contributed by atoms with E-state index in [9.17, 15) is 4.79 Å². The Labute approximate surface area is 113 Å². The van der Waals surface area contributed by atoms with Gasteiger partial charge in [-0.15, -0.1) is 0 Å². The number of rotatable bonds is 3. The fourth-order valence-electron chi connectivity index (χ4n) is 2.60. The molecular formula is C14H21N3O2. The zero-order chi connectivity index (χ0) is 13.8. The number of anilines is 1. The van der Waals surface area contributed by atoms with Gasteiger partial charge in [-0.1, -0.05) is 0 Å². The first-order valence-corrected chi connectivity index (χ1v) is 6.64. The Bertz CT molecular complexity index is 442. The maximum Gasteiger partial charge on any atom is 0.320 e. The number of urea groups is 1. The molecule has 0 radical (unpaired) electrons. The molecule has 0 aliphatic heterocycles. The van der Waals surface area contributed by atoms with Crippen LogP contribution in [0, 0.1) is 13.8 Å². The van der Waals surface area contributed by atoms with Crippen molar-refractivity contribution in [1.29, 1.82) is 0 Å². The molecular weight excluding hydrogens is 242 g/mol. The zero-order valence-electron chi connectivity index (χ0n) is 11.7. The molecule has 2 atom stereocenters. The van der Waals surface area contributed by atoms with Crippen LogP contribution in [0.5, 0.6) is 0 Å². The molecule has 1 aromatic rings. The summed E-state index contributed by atoms with van der Waals surface area (Å²) in [5, 5.41) is 5.73. The van der Waals surface area contributed by atoms with E-state index in [2.05, 4.69) is 15.6 Å². The zero-order valence-corrected chi connectivity index (χ0v) is 11.7. The number of methoxy groups -OCH3 is 1. The Hall–Kier alpha value is -1.62. The van der Waals surface area contributed by atoms with Gasteiger partial charge < -0.3 is 10.1 Å². The number of nitrogens with one attached hydrogen (secondary N) is 2. The lowest BCUT2D eigenvalue weighted by atomic mass is 10.2. The first-order valence-electron chi connectivity index (χ1n) is 6.64. The van der Waals surface area contributed by atoms with Crippen LogP contribution in [0.15, 0.2) is 12.1 Å². The fraction of sp³-hybridized carbons (Fsp3) is 0.571. The van der Waals surface area contributed by atoms with Crippen LogP contribution in [0.3, 0.4) is 0 Å². The van der Waals surface area contributed by atoms with Crippen LogP contribution >= 0.6 is 0 Å². The summed E-state index contributed by atoms with van der Waals surface area (Å²) < 4.78 is 5.35. The Kier molecular flexibility index (Phi) is 4.37. The number of ether oxygens (including phenoxy) is 1. The van der Waals surface area contributed by atoms with Gasteiger partial charge in [-0.05, 0) is 50.8 Å². The molecule has 1 heterocycles. The SMILES string of the molecule is CO[C@@H]1CCC[C@H]1NC(=O)Nc1cc(C)cc(C)n1. The lowest BCUT2D eigenvalue weighted by Gasteiger charge is -2.19. The number of nitrogens with zero attached hydrogens (tertiary/aromatic N) is 1. The van der Waals surface area contributed by atoms with Crippen molar-refractivity contribution in [2.24, 2.45) is 0 Å². The topological polar surface area (TPSA) is 63.2 Å². The van der Waals surface area contributed by atoms with E-state index >= 15 is 0 Å². The lowest BCUT2D eigenvalue weighted by Crippen LogP contribution is -2.43. The number of carbonyl (C=O) groups excluding carboxylic acids is 1. The normalized spacial score (nSPS) is 22.3. The number of hydrogen-bond donors (Lipinski definition) is 2. The predicted molar refractivity (Wildman–Crippen MR) is 74.3 cm³/mol. The highest BCUT2D eigenvalue weighted by molar-refractivity contribution is 5.88. The molecule has 1 aliphatic carbocycles. The predicted octanol–water partition coefficient (Wildman–Crippen LogP) is 2.39. The minimum atomic E-state index is -0.216. The number of aryl methyl sites for hydroxylation is 2. The minimum Gasteiger partial charge on any atom is -0.379 e. The van der Waals surface area contributed by atoms with E-state index in [1.165, 1.54) is 0 Å². The van der Waals surface area contributed by atoms with Gasteiger partial charge in [0.2, 0.25) is 0 Å². The van der Waals surface area contributed by atoms with E-state index in [-0.39, 0.29) is 18.2 Å². The van der Waals surface area contributed by atoms with Gasteiger partial charge in [-0.2, -0.15) is 0 Å². The van der Waals surface area contributed by atoms with Crippen LogP contribution in [-0.4, -0.2) is 30.3 Å². The maximum absolute atomic E-state index is 11.9. The second kappa shape index (κ2) is 6.02. The lowest BCUT2D eigenvalue weighted by molar-refractivity contribution is 0.0882. The first-order chi connectivity index (χ1) is 9.08. The van der Waals surface area contributed by atoms with E-state index in [1.807, 2.05) is 26.0 Å². The number of pyridine rings is 1. The molecule has 0 spiro atoms. The molecule has 1 aliphatic rings. The summed E-state index contributed by atoms with van der Waals surface area (Å²) >= 11 is 0. The summed E-state index contributed by atoms with van der Waals surface area (Å²) in [6.45, 7) is 3.89.